The third-order valence-electron chi connectivity index (χ3n) is 3.37. The highest BCUT2D eigenvalue weighted by molar-refractivity contribution is 7.80. The molecule has 1 aliphatic rings. The van der Waals surface area contributed by atoms with Crippen molar-refractivity contribution in [2.75, 3.05) is 11.9 Å². The number of amides is 1. The van der Waals surface area contributed by atoms with E-state index in [1.807, 2.05) is 54.6 Å². The maximum absolute atomic E-state index is 11.9. The SMILES string of the molecule is O=C(N[C@H]1COc2ccccc2NC1=S)OCc1ccccc1. The van der Waals surface area contributed by atoms with Crippen LogP contribution in [-0.4, -0.2) is 23.7 Å². The maximum Gasteiger partial charge on any atom is 0.408 e. The van der Waals surface area contributed by atoms with Gasteiger partial charge in [0, 0.05) is 0 Å². The van der Waals surface area contributed by atoms with E-state index < -0.39 is 12.1 Å². The van der Waals surface area contributed by atoms with E-state index in [4.69, 9.17) is 21.7 Å². The van der Waals surface area contributed by atoms with E-state index in [1.165, 1.54) is 0 Å². The predicted octanol–water partition coefficient (Wildman–Crippen LogP) is 3.11. The summed E-state index contributed by atoms with van der Waals surface area (Å²) in [6.45, 7) is 0.462. The molecule has 1 aliphatic heterocycles. The highest BCUT2D eigenvalue weighted by Crippen LogP contribution is 2.26. The van der Waals surface area contributed by atoms with Gasteiger partial charge in [-0.05, 0) is 17.7 Å². The van der Waals surface area contributed by atoms with Gasteiger partial charge in [-0.25, -0.2) is 4.79 Å². The van der Waals surface area contributed by atoms with E-state index in [0.717, 1.165) is 11.3 Å². The van der Waals surface area contributed by atoms with Gasteiger partial charge in [0.15, 0.2) is 0 Å². The molecule has 1 heterocycles. The van der Waals surface area contributed by atoms with Gasteiger partial charge in [-0.2, -0.15) is 0 Å². The molecule has 0 spiro atoms. The molecule has 0 fully saturated rings. The zero-order chi connectivity index (χ0) is 16.1. The van der Waals surface area contributed by atoms with E-state index in [9.17, 15) is 4.79 Å². The standard InChI is InChI=1S/C17H16N2O3S/c20-17(22-10-12-6-2-1-3-7-12)19-14-11-21-15-9-5-4-8-13(15)18-16(14)23/h1-9,14H,10-11H2,(H,18,23)(H,19,20)/t14-/m0/s1. The average molecular weight is 328 g/mol. The van der Waals surface area contributed by atoms with Crippen molar-refractivity contribution < 1.29 is 14.3 Å². The normalized spacial score (nSPS) is 16.3. The van der Waals surface area contributed by atoms with Crippen molar-refractivity contribution in [3.63, 3.8) is 0 Å². The first kappa shape index (κ1) is 15.3. The molecule has 0 bridgehead atoms. The van der Waals surface area contributed by atoms with Crippen LogP contribution in [0.1, 0.15) is 5.56 Å². The van der Waals surface area contributed by atoms with Crippen molar-refractivity contribution in [2.45, 2.75) is 12.6 Å². The van der Waals surface area contributed by atoms with Crippen molar-refractivity contribution in [3.05, 3.63) is 60.2 Å². The summed E-state index contributed by atoms with van der Waals surface area (Å²) in [6.07, 6.45) is -0.530. The molecule has 0 saturated carbocycles. The second-order valence-electron chi connectivity index (χ2n) is 5.06. The van der Waals surface area contributed by atoms with Crippen molar-refractivity contribution in [1.82, 2.24) is 5.32 Å². The molecule has 0 aromatic heterocycles. The van der Waals surface area contributed by atoms with Gasteiger partial charge in [0.1, 0.15) is 30.0 Å². The van der Waals surface area contributed by atoms with Crippen LogP contribution >= 0.6 is 12.2 Å². The van der Waals surface area contributed by atoms with E-state index in [2.05, 4.69) is 10.6 Å². The number of thiocarbonyl (C=S) groups is 1. The van der Waals surface area contributed by atoms with Crippen LogP contribution in [0.15, 0.2) is 54.6 Å². The lowest BCUT2D eigenvalue weighted by Crippen LogP contribution is -2.45. The Morgan fingerprint density at radius 1 is 1.22 bits per heavy atom. The van der Waals surface area contributed by atoms with Gasteiger partial charge in [-0.3, -0.25) is 0 Å². The summed E-state index contributed by atoms with van der Waals surface area (Å²) in [5.74, 6) is 0.705. The van der Waals surface area contributed by atoms with Crippen LogP contribution in [0.25, 0.3) is 0 Å². The topological polar surface area (TPSA) is 59.6 Å². The molecular formula is C17H16N2O3S. The smallest absolute Gasteiger partial charge is 0.408 e. The third kappa shape index (κ3) is 3.98. The fourth-order valence-corrected chi connectivity index (χ4v) is 2.42. The molecule has 3 rings (SSSR count). The Balaban J connectivity index is 1.56. The molecule has 118 valence electrons. The summed E-state index contributed by atoms with van der Waals surface area (Å²) < 4.78 is 10.9. The lowest BCUT2D eigenvalue weighted by atomic mass is 10.2. The van der Waals surface area contributed by atoms with E-state index in [1.54, 1.807) is 0 Å². The summed E-state index contributed by atoms with van der Waals surface area (Å²) in [7, 11) is 0. The van der Waals surface area contributed by atoms with Gasteiger partial charge in [0.25, 0.3) is 0 Å². The third-order valence-corrected chi connectivity index (χ3v) is 3.76. The highest BCUT2D eigenvalue weighted by atomic mass is 32.1. The molecule has 1 atom stereocenters. The van der Waals surface area contributed by atoms with Crippen molar-refractivity contribution in [3.8, 4) is 5.75 Å². The molecule has 1 amide bonds. The number of para-hydroxylation sites is 2. The van der Waals surface area contributed by atoms with Crippen molar-refractivity contribution in [1.29, 1.82) is 0 Å². The first-order valence-electron chi connectivity index (χ1n) is 7.22. The summed E-state index contributed by atoms with van der Waals surface area (Å²) in [6, 6.07) is 16.5. The second kappa shape index (κ2) is 7.11. The predicted molar refractivity (Wildman–Crippen MR) is 91.7 cm³/mol. The molecule has 2 N–H and O–H groups in total. The number of nitrogens with one attached hydrogen (secondary N) is 2. The number of carbonyl (C=O) groups is 1. The van der Waals surface area contributed by atoms with E-state index in [0.29, 0.717) is 10.7 Å². The zero-order valence-electron chi connectivity index (χ0n) is 12.3. The minimum absolute atomic E-state index is 0.209. The number of ether oxygens (including phenoxy) is 2. The van der Waals surface area contributed by atoms with Gasteiger partial charge >= 0.3 is 6.09 Å². The molecule has 0 aliphatic carbocycles. The van der Waals surface area contributed by atoms with Crippen LogP contribution in [0.5, 0.6) is 5.75 Å². The molecule has 5 nitrogen and oxygen atoms in total. The number of carbonyl (C=O) groups excluding carboxylic acids is 1. The summed E-state index contributed by atoms with van der Waals surface area (Å²) in [5, 5.41) is 5.81. The van der Waals surface area contributed by atoms with Crippen molar-refractivity contribution in [2.24, 2.45) is 0 Å². The number of anilines is 1. The summed E-state index contributed by atoms with van der Waals surface area (Å²) in [5.41, 5.74) is 1.72. The fourth-order valence-electron chi connectivity index (χ4n) is 2.18. The number of hydrogen-bond donors (Lipinski definition) is 2. The van der Waals surface area contributed by atoms with Gasteiger partial charge in [-0.1, -0.05) is 54.7 Å². The zero-order valence-corrected chi connectivity index (χ0v) is 13.1. The first-order valence-corrected chi connectivity index (χ1v) is 7.63. The Labute approximate surface area is 139 Å². The summed E-state index contributed by atoms with van der Waals surface area (Å²) >= 11 is 5.32. The largest absolute Gasteiger partial charge is 0.489 e. The Bertz CT molecular complexity index is 706. The van der Waals surface area contributed by atoms with Gasteiger partial charge < -0.3 is 20.1 Å². The Morgan fingerprint density at radius 3 is 2.78 bits per heavy atom. The Kier molecular flexibility index (Phi) is 4.73. The summed E-state index contributed by atoms with van der Waals surface area (Å²) in [4.78, 5) is 12.4. The number of alkyl carbamates (subject to hydrolysis) is 1. The van der Waals surface area contributed by atoms with Crippen LogP contribution < -0.4 is 15.4 Å². The van der Waals surface area contributed by atoms with Crippen LogP contribution in [0.3, 0.4) is 0 Å². The lowest BCUT2D eigenvalue weighted by molar-refractivity contribution is 0.135. The number of fused-ring (bicyclic) bond motifs is 1. The molecule has 0 saturated heterocycles. The van der Waals surface area contributed by atoms with Gasteiger partial charge in [0.2, 0.25) is 0 Å². The number of hydrogen-bond acceptors (Lipinski definition) is 4. The average Bonchev–Trinajstić information content (AvgIpc) is 2.73. The van der Waals surface area contributed by atoms with Crippen molar-refractivity contribution >= 4 is 29.0 Å². The Hall–Kier alpha value is -2.60. The number of benzene rings is 2. The van der Waals surface area contributed by atoms with Crippen LogP contribution in [0, 0.1) is 0 Å². The first-order chi connectivity index (χ1) is 11.2. The molecule has 23 heavy (non-hydrogen) atoms. The van der Waals surface area contributed by atoms with Gasteiger partial charge in [-0.15, -0.1) is 0 Å². The Morgan fingerprint density at radius 2 is 1.96 bits per heavy atom. The molecule has 6 heteroatoms. The lowest BCUT2D eigenvalue weighted by Gasteiger charge is -2.16. The highest BCUT2D eigenvalue weighted by Gasteiger charge is 2.23. The quantitative estimate of drug-likeness (QED) is 0.848. The maximum atomic E-state index is 11.9. The minimum Gasteiger partial charge on any atom is -0.489 e. The molecule has 0 radical (unpaired) electrons. The minimum atomic E-state index is -0.530. The molecule has 2 aromatic rings. The number of rotatable bonds is 3. The second-order valence-corrected chi connectivity index (χ2v) is 5.49. The van der Waals surface area contributed by atoms with Crippen LogP contribution in [0.2, 0.25) is 0 Å². The van der Waals surface area contributed by atoms with E-state index in [-0.39, 0.29) is 13.2 Å². The van der Waals surface area contributed by atoms with Crippen LogP contribution in [0.4, 0.5) is 10.5 Å². The fraction of sp³-hybridized carbons (Fsp3) is 0.176. The molecule has 0 unspecified atom stereocenters. The molecule has 2 aromatic carbocycles. The van der Waals surface area contributed by atoms with Crippen LogP contribution in [-0.2, 0) is 11.3 Å². The van der Waals surface area contributed by atoms with Gasteiger partial charge in [0.05, 0.1) is 5.69 Å². The monoisotopic (exact) mass is 328 g/mol. The van der Waals surface area contributed by atoms with E-state index >= 15 is 0 Å². The molecular weight excluding hydrogens is 312 g/mol.